The van der Waals surface area contributed by atoms with E-state index in [4.69, 9.17) is 18.4 Å². The molecule has 1 heterocycles. The van der Waals surface area contributed by atoms with E-state index in [0.717, 1.165) is 9.13 Å². The molecule has 0 unspecified atom stereocenters. The molecule has 0 aliphatic carbocycles. The Balaban J connectivity index is 1.47. The number of ether oxygens (including phenoxy) is 3. The molecule has 0 fully saturated rings. The number of methoxy groups -OCH3 is 1. The number of amides is 1. The third-order valence-corrected chi connectivity index (χ3v) is 8.19. The quantitative estimate of drug-likeness (QED) is 0.0882. The van der Waals surface area contributed by atoms with Crippen LogP contribution >= 0.6 is 22.6 Å². The van der Waals surface area contributed by atoms with E-state index in [1.807, 2.05) is 31.2 Å². The van der Waals surface area contributed by atoms with Gasteiger partial charge in [0.25, 0.3) is 10.1 Å². The van der Waals surface area contributed by atoms with Crippen molar-refractivity contribution in [3.05, 3.63) is 99.8 Å². The predicted molar refractivity (Wildman–Crippen MR) is 168 cm³/mol. The standard InChI is InChI=1S/C31H31IN2O7S/c1-22-7-14-28(15-8-22)42(36,37)40-19-5-18-39-30-16-13-27(38-3)20-24(30)21-34(23(2)35)29-6-4-17-33-31(29)41-26-11-9-25(32)10-12-26/h4,6-17,20H,5,18-19,21H2,1-3H3. The number of benzene rings is 3. The van der Waals surface area contributed by atoms with Gasteiger partial charge in [0.15, 0.2) is 0 Å². The fraction of sp³-hybridized carbons (Fsp3) is 0.226. The van der Waals surface area contributed by atoms with Crippen molar-refractivity contribution < 1.29 is 31.6 Å². The summed E-state index contributed by atoms with van der Waals surface area (Å²) >= 11 is 2.22. The van der Waals surface area contributed by atoms with E-state index in [9.17, 15) is 13.2 Å². The number of carbonyl (C=O) groups is 1. The van der Waals surface area contributed by atoms with Gasteiger partial charge < -0.3 is 19.1 Å². The van der Waals surface area contributed by atoms with Gasteiger partial charge in [0.2, 0.25) is 11.8 Å². The van der Waals surface area contributed by atoms with Crippen molar-refractivity contribution in [3.8, 4) is 23.1 Å². The zero-order chi connectivity index (χ0) is 30.1. The van der Waals surface area contributed by atoms with E-state index < -0.39 is 10.1 Å². The van der Waals surface area contributed by atoms with Crippen molar-refractivity contribution in [2.24, 2.45) is 0 Å². The summed E-state index contributed by atoms with van der Waals surface area (Å²) in [6.07, 6.45) is 1.93. The molecule has 0 N–H and O–H groups in total. The summed E-state index contributed by atoms with van der Waals surface area (Å²) in [7, 11) is -2.30. The predicted octanol–water partition coefficient (Wildman–Crippen LogP) is 6.52. The van der Waals surface area contributed by atoms with Crippen LogP contribution in [0.2, 0.25) is 0 Å². The fourth-order valence-electron chi connectivity index (χ4n) is 3.95. The van der Waals surface area contributed by atoms with Crippen molar-refractivity contribution in [3.63, 3.8) is 0 Å². The fourth-order valence-corrected chi connectivity index (χ4v) is 5.25. The minimum Gasteiger partial charge on any atom is -0.497 e. The number of carbonyl (C=O) groups excluding carboxylic acids is 1. The van der Waals surface area contributed by atoms with Crippen LogP contribution in [-0.2, 0) is 25.6 Å². The number of hydrogen-bond donors (Lipinski definition) is 0. The summed E-state index contributed by atoms with van der Waals surface area (Å²) in [5.74, 6) is 1.77. The second-order valence-corrected chi connectivity index (χ2v) is 12.1. The summed E-state index contributed by atoms with van der Waals surface area (Å²) < 4.78 is 48.6. The molecule has 1 amide bonds. The van der Waals surface area contributed by atoms with Gasteiger partial charge in [-0.25, -0.2) is 4.98 Å². The lowest BCUT2D eigenvalue weighted by Crippen LogP contribution is -2.28. The monoisotopic (exact) mass is 702 g/mol. The van der Waals surface area contributed by atoms with Crippen molar-refractivity contribution >= 4 is 44.3 Å². The Bertz CT molecular complexity index is 1610. The number of aromatic nitrogens is 1. The molecular formula is C31H31IN2O7S. The van der Waals surface area contributed by atoms with E-state index in [1.54, 1.807) is 60.7 Å². The first-order valence-electron chi connectivity index (χ1n) is 13.1. The third kappa shape index (κ3) is 8.43. The SMILES string of the molecule is COc1ccc(OCCCOS(=O)(=O)c2ccc(C)cc2)c(CN(C(C)=O)c2cccnc2Oc2ccc(I)cc2)c1. The molecule has 42 heavy (non-hydrogen) atoms. The Kier molecular flexibility index (Phi) is 10.8. The van der Waals surface area contributed by atoms with Gasteiger partial charge in [-0.3, -0.25) is 8.98 Å². The second kappa shape index (κ2) is 14.5. The van der Waals surface area contributed by atoms with Crippen LogP contribution in [0.5, 0.6) is 23.1 Å². The zero-order valence-corrected chi connectivity index (χ0v) is 26.4. The van der Waals surface area contributed by atoms with E-state index in [0.29, 0.717) is 34.9 Å². The first-order chi connectivity index (χ1) is 20.2. The van der Waals surface area contributed by atoms with Gasteiger partial charge in [-0.05, 0) is 96.2 Å². The van der Waals surface area contributed by atoms with E-state index in [-0.39, 0.29) is 36.4 Å². The van der Waals surface area contributed by atoms with Crippen LogP contribution in [0.4, 0.5) is 5.69 Å². The van der Waals surface area contributed by atoms with Crippen LogP contribution in [0, 0.1) is 10.5 Å². The molecule has 0 aliphatic heterocycles. The highest BCUT2D eigenvalue weighted by Crippen LogP contribution is 2.34. The Morgan fingerprint density at radius 3 is 2.36 bits per heavy atom. The van der Waals surface area contributed by atoms with Crippen LogP contribution in [-0.4, -0.2) is 39.6 Å². The van der Waals surface area contributed by atoms with E-state index >= 15 is 0 Å². The van der Waals surface area contributed by atoms with Gasteiger partial charge in [0, 0.05) is 28.7 Å². The van der Waals surface area contributed by atoms with Crippen LogP contribution in [0.3, 0.4) is 0 Å². The van der Waals surface area contributed by atoms with Crippen molar-refractivity contribution in [2.45, 2.75) is 31.7 Å². The van der Waals surface area contributed by atoms with Crippen LogP contribution in [0.25, 0.3) is 0 Å². The molecule has 220 valence electrons. The van der Waals surface area contributed by atoms with Gasteiger partial charge in [-0.2, -0.15) is 8.42 Å². The lowest BCUT2D eigenvalue weighted by atomic mass is 10.1. The highest BCUT2D eigenvalue weighted by Gasteiger charge is 2.21. The number of anilines is 1. The summed E-state index contributed by atoms with van der Waals surface area (Å²) in [4.78, 5) is 18.9. The van der Waals surface area contributed by atoms with E-state index in [2.05, 4.69) is 27.6 Å². The lowest BCUT2D eigenvalue weighted by molar-refractivity contribution is -0.116. The number of hydrogen-bond acceptors (Lipinski definition) is 8. The van der Waals surface area contributed by atoms with Gasteiger partial charge >= 0.3 is 0 Å². The summed E-state index contributed by atoms with van der Waals surface area (Å²) in [5, 5.41) is 0. The maximum Gasteiger partial charge on any atom is 0.296 e. The Morgan fingerprint density at radius 2 is 1.67 bits per heavy atom. The maximum absolute atomic E-state index is 12.9. The molecule has 0 atom stereocenters. The molecule has 11 heteroatoms. The second-order valence-electron chi connectivity index (χ2n) is 9.25. The summed E-state index contributed by atoms with van der Waals surface area (Å²) in [6.45, 7) is 3.64. The Labute approximate surface area is 259 Å². The molecule has 4 rings (SSSR count). The number of halogens is 1. The lowest BCUT2D eigenvalue weighted by Gasteiger charge is -2.24. The summed E-state index contributed by atoms with van der Waals surface area (Å²) in [6, 6.07) is 22.8. The maximum atomic E-state index is 12.9. The highest BCUT2D eigenvalue weighted by molar-refractivity contribution is 14.1. The van der Waals surface area contributed by atoms with E-state index in [1.165, 1.54) is 19.1 Å². The van der Waals surface area contributed by atoms with Crippen molar-refractivity contribution in [1.29, 1.82) is 0 Å². The Morgan fingerprint density at radius 1 is 0.952 bits per heavy atom. The van der Waals surface area contributed by atoms with Gasteiger partial charge in [-0.15, -0.1) is 0 Å². The minimum absolute atomic E-state index is 0.0454. The van der Waals surface area contributed by atoms with Crippen molar-refractivity contribution in [1.82, 2.24) is 4.98 Å². The summed E-state index contributed by atoms with van der Waals surface area (Å²) in [5.41, 5.74) is 2.13. The zero-order valence-electron chi connectivity index (χ0n) is 23.4. The molecule has 0 bridgehead atoms. The smallest absolute Gasteiger partial charge is 0.296 e. The molecular weight excluding hydrogens is 671 g/mol. The average molecular weight is 703 g/mol. The molecule has 0 aliphatic rings. The Hall–Kier alpha value is -3.68. The van der Waals surface area contributed by atoms with Crippen molar-refractivity contribution in [2.75, 3.05) is 25.2 Å². The molecule has 0 saturated carbocycles. The van der Waals surface area contributed by atoms with Crippen LogP contribution in [0.15, 0.2) is 90.0 Å². The third-order valence-electron chi connectivity index (χ3n) is 6.14. The molecule has 0 radical (unpaired) electrons. The normalized spacial score (nSPS) is 11.1. The van der Waals surface area contributed by atoms with Gasteiger partial charge in [-0.1, -0.05) is 17.7 Å². The topological polar surface area (TPSA) is 104 Å². The number of nitrogens with zero attached hydrogens (tertiary/aromatic N) is 2. The van der Waals surface area contributed by atoms with Crippen LogP contribution < -0.4 is 19.1 Å². The van der Waals surface area contributed by atoms with Crippen LogP contribution in [0.1, 0.15) is 24.5 Å². The molecule has 0 spiro atoms. The number of pyridine rings is 1. The molecule has 0 saturated heterocycles. The first kappa shape index (κ1) is 31.3. The number of rotatable bonds is 13. The molecule has 3 aromatic carbocycles. The van der Waals surface area contributed by atoms with Gasteiger partial charge in [0.1, 0.15) is 22.9 Å². The first-order valence-corrected chi connectivity index (χ1v) is 15.6. The van der Waals surface area contributed by atoms with Gasteiger partial charge in [0.05, 0.1) is 31.8 Å². The average Bonchev–Trinajstić information content (AvgIpc) is 2.98. The highest BCUT2D eigenvalue weighted by atomic mass is 127. The molecule has 4 aromatic rings. The molecule has 1 aromatic heterocycles. The minimum atomic E-state index is -3.86. The largest absolute Gasteiger partial charge is 0.497 e. The number of aryl methyl sites for hydroxylation is 1. The molecule has 9 nitrogen and oxygen atoms in total.